The predicted molar refractivity (Wildman–Crippen MR) is 64.0 cm³/mol. The molecule has 1 atom stereocenters. The fourth-order valence-electron chi connectivity index (χ4n) is 1.77. The van der Waals surface area contributed by atoms with Gasteiger partial charge in [0.05, 0.1) is 6.10 Å². The number of amides is 1. The summed E-state index contributed by atoms with van der Waals surface area (Å²) in [5, 5.41) is 2.82. The third-order valence-corrected chi connectivity index (χ3v) is 2.69. The molecule has 0 aromatic carbocycles. The Hall–Kier alpha value is -0.870. The van der Waals surface area contributed by atoms with Crippen LogP contribution in [0.15, 0.2) is 12.2 Å². The van der Waals surface area contributed by atoms with Crippen molar-refractivity contribution in [3.63, 3.8) is 0 Å². The number of nitrogens with one attached hydrogen (secondary N) is 1. The van der Waals surface area contributed by atoms with Gasteiger partial charge in [0.1, 0.15) is 0 Å². The first-order chi connectivity index (χ1) is 7.83. The van der Waals surface area contributed by atoms with Crippen LogP contribution < -0.4 is 11.1 Å². The number of carbonyl (C=O) groups excluding carboxylic acids is 1. The van der Waals surface area contributed by atoms with Crippen molar-refractivity contribution in [2.75, 3.05) is 19.7 Å². The molecule has 1 aliphatic rings. The van der Waals surface area contributed by atoms with Crippen molar-refractivity contribution in [1.29, 1.82) is 0 Å². The molecule has 4 heteroatoms. The molecule has 1 rings (SSSR count). The van der Waals surface area contributed by atoms with Crippen LogP contribution in [-0.2, 0) is 9.53 Å². The fourth-order valence-corrected chi connectivity index (χ4v) is 1.77. The summed E-state index contributed by atoms with van der Waals surface area (Å²) in [4.78, 5) is 11.4. The zero-order valence-electron chi connectivity index (χ0n) is 9.78. The molecule has 3 N–H and O–H groups in total. The van der Waals surface area contributed by atoms with Crippen LogP contribution >= 0.6 is 0 Å². The first-order valence-electron chi connectivity index (χ1n) is 6.06. The van der Waals surface area contributed by atoms with E-state index in [9.17, 15) is 4.79 Å². The van der Waals surface area contributed by atoms with E-state index < -0.39 is 0 Å². The number of rotatable bonds is 6. The van der Waals surface area contributed by atoms with E-state index in [1.54, 1.807) is 0 Å². The van der Waals surface area contributed by atoms with Crippen LogP contribution in [0.3, 0.4) is 0 Å². The highest BCUT2D eigenvalue weighted by molar-refractivity contribution is 5.75. The molecule has 4 nitrogen and oxygen atoms in total. The number of carbonyl (C=O) groups is 1. The van der Waals surface area contributed by atoms with Gasteiger partial charge in [0.15, 0.2) is 0 Å². The van der Waals surface area contributed by atoms with E-state index in [0.29, 0.717) is 25.6 Å². The average Bonchev–Trinajstić information content (AvgIpc) is 2.33. The quantitative estimate of drug-likeness (QED) is 0.663. The molecule has 1 unspecified atom stereocenters. The molecule has 16 heavy (non-hydrogen) atoms. The Morgan fingerprint density at radius 2 is 2.31 bits per heavy atom. The van der Waals surface area contributed by atoms with Crippen LogP contribution in [0.2, 0.25) is 0 Å². The SMILES string of the molecule is NC/C=C/CNC(=O)CCC1CCCCO1. The second-order valence-electron chi connectivity index (χ2n) is 4.04. The van der Waals surface area contributed by atoms with Crippen molar-refractivity contribution in [2.45, 2.75) is 38.2 Å². The van der Waals surface area contributed by atoms with Gasteiger partial charge in [0, 0.05) is 26.1 Å². The van der Waals surface area contributed by atoms with E-state index in [1.165, 1.54) is 6.42 Å². The van der Waals surface area contributed by atoms with Crippen LogP contribution in [0.4, 0.5) is 0 Å². The van der Waals surface area contributed by atoms with Gasteiger partial charge in [-0.1, -0.05) is 12.2 Å². The predicted octanol–water partition coefficient (Wildman–Crippen LogP) is 0.967. The molecule has 1 saturated heterocycles. The summed E-state index contributed by atoms with van der Waals surface area (Å²) in [7, 11) is 0. The van der Waals surface area contributed by atoms with Gasteiger partial charge in [-0.05, 0) is 25.7 Å². The lowest BCUT2D eigenvalue weighted by Gasteiger charge is -2.22. The third-order valence-electron chi connectivity index (χ3n) is 2.69. The smallest absolute Gasteiger partial charge is 0.220 e. The van der Waals surface area contributed by atoms with E-state index in [0.717, 1.165) is 25.9 Å². The third kappa shape index (κ3) is 5.88. The monoisotopic (exact) mass is 226 g/mol. The van der Waals surface area contributed by atoms with Gasteiger partial charge in [0.2, 0.25) is 5.91 Å². The molecule has 0 saturated carbocycles. The average molecular weight is 226 g/mol. The summed E-state index contributed by atoms with van der Waals surface area (Å²) in [5.41, 5.74) is 5.29. The molecule has 92 valence electrons. The molecule has 0 aliphatic carbocycles. The summed E-state index contributed by atoms with van der Waals surface area (Å²) in [6, 6.07) is 0. The highest BCUT2D eigenvalue weighted by Gasteiger charge is 2.14. The Bertz CT molecular complexity index is 223. The molecule has 1 heterocycles. The van der Waals surface area contributed by atoms with Crippen LogP contribution in [0, 0.1) is 0 Å². The maximum Gasteiger partial charge on any atom is 0.220 e. The summed E-state index contributed by atoms with van der Waals surface area (Å²) in [6.07, 6.45) is 8.88. The van der Waals surface area contributed by atoms with Gasteiger partial charge >= 0.3 is 0 Å². The van der Waals surface area contributed by atoms with E-state index in [1.807, 2.05) is 12.2 Å². The standard InChI is InChI=1S/C12H22N2O2/c13-8-2-3-9-14-12(15)7-6-11-5-1-4-10-16-11/h2-3,11H,1,4-10,13H2,(H,14,15)/b3-2+. The lowest BCUT2D eigenvalue weighted by Crippen LogP contribution is -2.26. The Kier molecular flexibility index (Phi) is 6.85. The largest absolute Gasteiger partial charge is 0.378 e. The number of ether oxygens (including phenoxy) is 1. The minimum absolute atomic E-state index is 0.0934. The van der Waals surface area contributed by atoms with E-state index in [4.69, 9.17) is 10.5 Å². The highest BCUT2D eigenvalue weighted by atomic mass is 16.5. The van der Waals surface area contributed by atoms with Gasteiger partial charge in [-0.2, -0.15) is 0 Å². The van der Waals surface area contributed by atoms with Gasteiger partial charge in [-0.3, -0.25) is 4.79 Å². The number of hydrogen-bond acceptors (Lipinski definition) is 3. The first kappa shape index (κ1) is 13.2. The van der Waals surface area contributed by atoms with Crippen LogP contribution in [0.25, 0.3) is 0 Å². The molecule has 1 amide bonds. The molecule has 0 radical (unpaired) electrons. The highest BCUT2D eigenvalue weighted by Crippen LogP contribution is 2.16. The zero-order valence-corrected chi connectivity index (χ0v) is 9.78. The van der Waals surface area contributed by atoms with Gasteiger partial charge in [-0.25, -0.2) is 0 Å². The number of nitrogens with two attached hydrogens (primary N) is 1. The second kappa shape index (κ2) is 8.30. The fraction of sp³-hybridized carbons (Fsp3) is 0.750. The van der Waals surface area contributed by atoms with Crippen molar-refractivity contribution < 1.29 is 9.53 Å². The van der Waals surface area contributed by atoms with Gasteiger partial charge in [0.25, 0.3) is 0 Å². The maximum atomic E-state index is 11.4. The van der Waals surface area contributed by atoms with Crippen molar-refractivity contribution in [1.82, 2.24) is 5.32 Å². The summed E-state index contributed by atoms with van der Waals surface area (Å²) < 4.78 is 5.56. The summed E-state index contributed by atoms with van der Waals surface area (Å²) in [5.74, 6) is 0.0934. The van der Waals surface area contributed by atoms with Crippen LogP contribution in [-0.4, -0.2) is 31.7 Å². The Balaban J connectivity index is 2.02. The lowest BCUT2D eigenvalue weighted by molar-refractivity contribution is -0.121. The van der Waals surface area contributed by atoms with Crippen molar-refractivity contribution in [3.8, 4) is 0 Å². The second-order valence-corrected chi connectivity index (χ2v) is 4.04. The molecule has 1 fully saturated rings. The van der Waals surface area contributed by atoms with E-state index in [2.05, 4.69) is 5.32 Å². The normalized spacial score (nSPS) is 21.2. The van der Waals surface area contributed by atoms with Crippen molar-refractivity contribution >= 4 is 5.91 Å². The first-order valence-corrected chi connectivity index (χ1v) is 6.06. The lowest BCUT2D eigenvalue weighted by atomic mass is 10.0. The Labute approximate surface area is 97.2 Å². The molecule has 0 aromatic rings. The molecule has 1 aliphatic heterocycles. The molecular weight excluding hydrogens is 204 g/mol. The molecular formula is C12H22N2O2. The van der Waals surface area contributed by atoms with Gasteiger partial charge in [-0.15, -0.1) is 0 Å². The van der Waals surface area contributed by atoms with Crippen molar-refractivity contribution in [2.24, 2.45) is 5.73 Å². The molecule has 0 bridgehead atoms. The van der Waals surface area contributed by atoms with E-state index in [-0.39, 0.29) is 5.91 Å². The van der Waals surface area contributed by atoms with Crippen LogP contribution in [0.5, 0.6) is 0 Å². The van der Waals surface area contributed by atoms with Crippen LogP contribution in [0.1, 0.15) is 32.1 Å². The number of hydrogen-bond donors (Lipinski definition) is 2. The van der Waals surface area contributed by atoms with Gasteiger partial charge < -0.3 is 15.8 Å². The minimum atomic E-state index is 0.0934. The maximum absolute atomic E-state index is 11.4. The minimum Gasteiger partial charge on any atom is -0.378 e. The Morgan fingerprint density at radius 3 is 3.00 bits per heavy atom. The topological polar surface area (TPSA) is 64.3 Å². The summed E-state index contributed by atoms with van der Waals surface area (Å²) in [6.45, 7) is 1.94. The zero-order chi connectivity index (χ0) is 11.6. The van der Waals surface area contributed by atoms with Crippen molar-refractivity contribution in [3.05, 3.63) is 12.2 Å². The summed E-state index contributed by atoms with van der Waals surface area (Å²) >= 11 is 0. The Morgan fingerprint density at radius 1 is 1.44 bits per heavy atom. The molecule has 0 aromatic heterocycles. The van der Waals surface area contributed by atoms with E-state index >= 15 is 0 Å². The molecule has 0 spiro atoms.